The van der Waals surface area contributed by atoms with Crippen LogP contribution in [0.3, 0.4) is 0 Å². The van der Waals surface area contributed by atoms with Crippen LogP contribution in [0, 0.1) is 0 Å². The second-order valence-corrected chi connectivity index (χ2v) is 13.4. The number of hydrogen-bond acceptors (Lipinski definition) is 6. The van der Waals surface area contributed by atoms with Gasteiger partial charge in [-0.05, 0) is 63.8 Å². The van der Waals surface area contributed by atoms with Gasteiger partial charge in [-0.15, -0.1) is 0 Å². The minimum Gasteiger partial charge on any atom is -0.490 e. The number of carbonyl (C=O) groups is 2. The summed E-state index contributed by atoms with van der Waals surface area (Å²) in [5.41, 5.74) is 8.03. The number of benzene rings is 2. The summed E-state index contributed by atoms with van der Waals surface area (Å²) in [6, 6.07) is 12.9. The smallest absolute Gasteiger partial charge is 0.251 e. The Morgan fingerprint density at radius 2 is 1.77 bits per heavy atom. The summed E-state index contributed by atoms with van der Waals surface area (Å²) in [6.07, 6.45) is 9.87. The Balaban J connectivity index is 1.43. The molecule has 0 unspecified atom stereocenters. The Morgan fingerprint density at radius 3 is 2.50 bits per heavy atom. The topological polar surface area (TPSA) is 106 Å². The molecule has 3 N–H and O–H groups in total. The molecule has 8 heteroatoms. The molecule has 0 aromatic heterocycles. The summed E-state index contributed by atoms with van der Waals surface area (Å²) in [5.74, 6) is 1.57. The Kier molecular flexibility index (Phi) is 9.56. The molecular weight excluding hydrogens is 552 g/mol. The number of fused-ring (bicyclic) bond motifs is 2. The number of aliphatic imine (C=N–C) groups is 1. The van der Waals surface area contributed by atoms with Crippen molar-refractivity contribution in [3.05, 3.63) is 59.2 Å². The minimum absolute atomic E-state index is 0.0170. The van der Waals surface area contributed by atoms with Gasteiger partial charge in [0, 0.05) is 29.5 Å². The zero-order valence-electron chi connectivity index (χ0n) is 27.2. The number of guanidine groups is 1. The highest BCUT2D eigenvalue weighted by molar-refractivity contribution is 6.00. The SMILES string of the molecule is CCCCCCC[C@@H]1C[C@@H](N2C(=O)CC(CC)(CC)N=C2N)c2cc(C(=O)N[C@H]3CC(C)(C)Oc4ccccc43)ccc2O1. The number of unbranched alkanes of at least 4 members (excludes halogenated alkanes) is 4. The highest BCUT2D eigenvalue weighted by Crippen LogP contribution is 2.43. The number of para-hydroxylation sites is 1. The van der Waals surface area contributed by atoms with Gasteiger partial charge >= 0.3 is 0 Å². The molecule has 2 aromatic rings. The van der Waals surface area contributed by atoms with Gasteiger partial charge in [-0.2, -0.15) is 0 Å². The van der Waals surface area contributed by atoms with Crippen molar-refractivity contribution in [2.24, 2.45) is 10.7 Å². The molecule has 238 valence electrons. The minimum atomic E-state index is -0.458. The molecule has 0 spiro atoms. The van der Waals surface area contributed by atoms with Crippen LogP contribution >= 0.6 is 0 Å². The number of rotatable bonds is 11. The van der Waals surface area contributed by atoms with Gasteiger partial charge in [-0.3, -0.25) is 14.5 Å². The average molecular weight is 603 g/mol. The maximum Gasteiger partial charge on any atom is 0.251 e. The number of amides is 2. The molecule has 3 aliphatic rings. The number of nitrogens with two attached hydrogens (primary N) is 1. The van der Waals surface area contributed by atoms with E-state index < -0.39 is 11.1 Å². The first-order valence-corrected chi connectivity index (χ1v) is 16.7. The van der Waals surface area contributed by atoms with Crippen LogP contribution in [-0.4, -0.2) is 39.9 Å². The van der Waals surface area contributed by atoms with E-state index in [0.29, 0.717) is 30.6 Å². The average Bonchev–Trinajstić information content (AvgIpc) is 2.99. The number of nitrogens with zero attached hydrogens (tertiary/aromatic N) is 2. The molecule has 8 nitrogen and oxygen atoms in total. The van der Waals surface area contributed by atoms with E-state index in [1.807, 2.05) is 56.3 Å². The monoisotopic (exact) mass is 602 g/mol. The lowest BCUT2D eigenvalue weighted by atomic mass is 9.86. The molecule has 0 fully saturated rings. The molecule has 0 saturated carbocycles. The van der Waals surface area contributed by atoms with Crippen molar-refractivity contribution in [2.75, 3.05) is 0 Å². The first-order valence-electron chi connectivity index (χ1n) is 16.7. The van der Waals surface area contributed by atoms with E-state index in [0.717, 1.165) is 49.0 Å². The molecule has 5 rings (SSSR count). The maximum absolute atomic E-state index is 13.8. The maximum atomic E-state index is 13.8. The highest BCUT2D eigenvalue weighted by atomic mass is 16.5. The quantitative estimate of drug-likeness (QED) is 0.261. The summed E-state index contributed by atoms with van der Waals surface area (Å²) in [7, 11) is 0. The Bertz CT molecular complexity index is 1380. The molecule has 44 heavy (non-hydrogen) atoms. The molecule has 0 bridgehead atoms. The van der Waals surface area contributed by atoms with Crippen LogP contribution in [0.15, 0.2) is 47.5 Å². The van der Waals surface area contributed by atoms with Gasteiger partial charge in [0.15, 0.2) is 5.96 Å². The van der Waals surface area contributed by atoms with E-state index in [4.69, 9.17) is 20.2 Å². The summed E-state index contributed by atoms with van der Waals surface area (Å²) in [4.78, 5) is 34.1. The van der Waals surface area contributed by atoms with Gasteiger partial charge in [-0.1, -0.05) is 64.7 Å². The first-order chi connectivity index (χ1) is 21.1. The van der Waals surface area contributed by atoms with Crippen molar-refractivity contribution in [2.45, 2.75) is 135 Å². The second kappa shape index (κ2) is 13.2. The second-order valence-electron chi connectivity index (χ2n) is 13.4. The summed E-state index contributed by atoms with van der Waals surface area (Å²) >= 11 is 0. The van der Waals surface area contributed by atoms with Crippen LogP contribution < -0.4 is 20.5 Å². The summed E-state index contributed by atoms with van der Waals surface area (Å²) in [6.45, 7) is 10.4. The molecule has 0 aliphatic carbocycles. The summed E-state index contributed by atoms with van der Waals surface area (Å²) < 4.78 is 12.7. The zero-order valence-corrected chi connectivity index (χ0v) is 27.2. The van der Waals surface area contributed by atoms with Crippen molar-refractivity contribution >= 4 is 17.8 Å². The fourth-order valence-electron chi connectivity index (χ4n) is 7.05. The predicted octanol–water partition coefficient (Wildman–Crippen LogP) is 7.38. The normalized spacial score (nSPS) is 23.5. The van der Waals surface area contributed by atoms with Crippen LogP contribution in [0.2, 0.25) is 0 Å². The number of nitrogens with one attached hydrogen (secondary N) is 1. The molecule has 3 heterocycles. The van der Waals surface area contributed by atoms with Gasteiger partial charge in [0.25, 0.3) is 5.91 Å². The van der Waals surface area contributed by atoms with E-state index in [1.54, 1.807) is 4.90 Å². The van der Waals surface area contributed by atoms with Crippen LogP contribution in [-0.2, 0) is 4.79 Å². The molecule has 0 saturated heterocycles. The van der Waals surface area contributed by atoms with E-state index in [9.17, 15) is 9.59 Å². The van der Waals surface area contributed by atoms with Crippen molar-refractivity contribution in [3.8, 4) is 11.5 Å². The van der Waals surface area contributed by atoms with Crippen LogP contribution in [0.5, 0.6) is 11.5 Å². The third-order valence-electron chi connectivity index (χ3n) is 9.70. The fraction of sp³-hybridized carbons (Fsp3) is 0.583. The summed E-state index contributed by atoms with van der Waals surface area (Å²) in [5, 5.41) is 3.26. The van der Waals surface area contributed by atoms with E-state index in [1.165, 1.54) is 19.3 Å². The van der Waals surface area contributed by atoms with Gasteiger partial charge < -0.3 is 20.5 Å². The van der Waals surface area contributed by atoms with Crippen molar-refractivity contribution in [3.63, 3.8) is 0 Å². The lowest BCUT2D eigenvalue weighted by Gasteiger charge is -2.43. The Morgan fingerprint density at radius 1 is 1.02 bits per heavy atom. The third-order valence-corrected chi connectivity index (χ3v) is 9.70. The standard InChI is InChI=1S/C36H50N4O4/c1-6-9-10-11-12-15-25-21-29(40-32(41)23-36(7-2,8-3)39-34(40)37)27-20-24(18-19-30(27)43-25)33(42)38-28-22-35(4,5)44-31-17-14-13-16-26(28)31/h13-14,16-20,25,28-29H,6-12,15,21-23H2,1-5H3,(H2,37,39)(H,38,42)/t25-,28+,29-/m1/s1. The van der Waals surface area contributed by atoms with Gasteiger partial charge in [0.1, 0.15) is 23.2 Å². The van der Waals surface area contributed by atoms with E-state index >= 15 is 0 Å². The molecular formula is C36H50N4O4. The lowest BCUT2D eigenvalue weighted by Crippen LogP contribution is -2.53. The number of hydrogen-bond donors (Lipinski definition) is 2. The van der Waals surface area contributed by atoms with Crippen LogP contribution in [0.25, 0.3) is 0 Å². The van der Waals surface area contributed by atoms with Gasteiger partial charge in [0.2, 0.25) is 5.91 Å². The highest BCUT2D eigenvalue weighted by Gasteiger charge is 2.43. The van der Waals surface area contributed by atoms with Crippen molar-refractivity contribution in [1.82, 2.24) is 10.2 Å². The molecule has 2 aromatic carbocycles. The number of carbonyl (C=O) groups excluding carboxylic acids is 2. The third kappa shape index (κ3) is 6.74. The molecule has 0 radical (unpaired) electrons. The predicted molar refractivity (Wildman–Crippen MR) is 174 cm³/mol. The zero-order chi connectivity index (χ0) is 31.5. The van der Waals surface area contributed by atoms with E-state index in [-0.39, 0.29) is 36.0 Å². The Hall–Kier alpha value is -3.55. The molecule has 3 aliphatic heterocycles. The van der Waals surface area contributed by atoms with Gasteiger partial charge in [-0.25, -0.2) is 4.99 Å². The first kappa shape index (κ1) is 31.9. The largest absolute Gasteiger partial charge is 0.490 e. The lowest BCUT2D eigenvalue weighted by molar-refractivity contribution is -0.132. The molecule has 3 atom stereocenters. The fourth-order valence-corrected chi connectivity index (χ4v) is 7.05. The van der Waals surface area contributed by atoms with Crippen LogP contribution in [0.1, 0.15) is 139 Å². The number of ether oxygens (including phenoxy) is 2. The van der Waals surface area contributed by atoms with Crippen molar-refractivity contribution < 1.29 is 19.1 Å². The van der Waals surface area contributed by atoms with Crippen LogP contribution in [0.4, 0.5) is 0 Å². The van der Waals surface area contributed by atoms with Gasteiger partial charge in [0.05, 0.1) is 24.0 Å². The molecule has 2 amide bonds. The van der Waals surface area contributed by atoms with E-state index in [2.05, 4.69) is 26.1 Å². The van der Waals surface area contributed by atoms with Crippen molar-refractivity contribution in [1.29, 1.82) is 0 Å². The Labute approximate surface area is 262 Å².